The standard InChI is InChI=1S/C13H25F3N4O2.HI/c1-4-17-12(18-7-6-8-22-5-2)19-9-11(21)20(3)10-13(14,15)16;/h4-10H2,1-3H3,(H2,17,18,19);1H. The van der Waals surface area contributed by atoms with Crippen molar-refractivity contribution in [3.8, 4) is 0 Å². The van der Waals surface area contributed by atoms with Crippen LogP contribution in [0.15, 0.2) is 4.99 Å². The minimum Gasteiger partial charge on any atom is -0.382 e. The Kier molecular flexibility index (Phi) is 14.5. The van der Waals surface area contributed by atoms with Gasteiger partial charge in [-0.05, 0) is 20.3 Å². The lowest BCUT2D eigenvalue weighted by molar-refractivity contribution is -0.157. The van der Waals surface area contributed by atoms with Crippen molar-refractivity contribution >= 4 is 35.8 Å². The van der Waals surface area contributed by atoms with Crippen LogP contribution >= 0.6 is 24.0 Å². The molecule has 0 aromatic carbocycles. The van der Waals surface area contributed by atoms with Gasteiger partial charge in [0.25, 0.3) is 0 Å². The maximum atomic E-state index is 12.2. The third kappa shape index (κ3) is 14.5. The zero-order valence-corrected chi connectivity index (χ0v) is 16.0. The molecule has 1 amide bonds. The Morgan fingerprint density at radius 2 is 1.91 bits per heavy atom. The maximum absolute atomic E-state index is 12.2. The number of carbonyl (C=O) groups is 1. The van der Waals surface area contributed by atoms with Crippen molar-refractivity contribution < 1.29 is 22.7 Å². The average molecular weight is 454 g/mol. The highest BCUT2D eigenvalue weighted by atomic mass is 127. The quantitative estimate of drug-likeness (QED) is 0.241. The molecule has 0 aliphatic heterocycles. The summed E-state index contributed by atoms with van der Waals surface area (Å²) in [5.74, 6) is -0.295. The second-order valence-electron chi connectivity index (χ2n) is 4.54. The Morgan fingerprint density at radius 1 is 1.26 bits per heavy atom. The van der Waals surface area contributed by atoms with Crippen LogP contribution in [-0.4, -0.2) is 69.4 Å². The Bertz CT molecular complexity index is 355. The van der Waals surface area contributed by atoms with Gasteiger partial charge < -0.3 is 20.3 Å². The highest BCUT2D eigenvalue weighted by Crippen LogP contribution is 2.15. The Hall–Kier alpha value is -0.780. The molecule has 2 N–H and O–H groups in total. The van der Waals surface area contributed by atoms with Crippen LogP contribution in [0.1, 0.15) is 20.3 Å². The number of rotatable bonds is 9. The fourth-order valence-electron chi connectivity index (χ4n) is 1.49. The van der Waals surface area contributed by atoms with Gasteiger partial charge in [-0.2, -0.15) is 13.2 Å². The summed E-state index contributed by atoms with van der Waals surface area (Å²) in [5, 5.41) is 5.91. The molecule has 23 heavy (non-hydrogen) atoms. The van der Waals surface area contributed by atoms with E-state index in [1.54, 1.807) is 0 Å². The maximum Gasteiger partial charge on any atom is 0.406 e. The van der Waals surface area contributed by atoms with Gasteiger partial charge in [0.15, 0.2) is 5.96 Å². The summed E-state index contributed by atoms with van der Waals surface area (Å²) in [6, 6.07) is 0. The number of nitrogens with zero attached hydrogens (tertiary/aromatic N) is 2. The predicted molar refractivity (Wildman–Crippen MR) is 94.2 cm³/mol. The molecule has 0 aliphatic carbocycles. The lowest BCUT2D eigenvalue weighted by atomic mass is 10.4. The molecule has 0 atom stereocenters. The first kappa shape index (κ1) is 24.5. The number of nitrogens with one attached hydrogen (secondary N) is 2. The monoisotopic (exact) mass is 454 g/mol. The van der Waals surface area contributed by atoms with E-state index in [0.29, 0.717) is 37.2 Å². The largest absolute Gasteiger partial charge is 0.406 e. The van der Waals surface area contributed by atoms with Crippen molar-refractivity contribution in [1.29, 1.82) is 0 Å². The molecule has 6 nitrogen and oxygen atoms in total. The summed E-state index contributed by atoms with van der Waals surface area (Å²) >= 11 is 0. The van der Waals surface area contributed by atoms with Crippen LogP contribution in [-0.2, 0) is 9.53 Å². The van der Waals surface area contributed by atoms with Crippen LogP contribution in [0.3, 0.4) is 0 Å². The van der Waals surface area contributed by atoms with Crippen LogP contribution in [0, 0.1) is 0 Å². The topological polar surface area (TPSA) is 66.0 Å². The summed E-state index contributed by atoms with van der Waals surface area (Å²) in [7, 11) is 1.10. The molecule has 0 saturated carbocycles. The van der Waals surface area contributed by atoms with Gasteiger partial charge in [0, 0.05) is 33.4 Å². The zero-order chi connectivity index (χ0) is 17.0. The van der Waals surface area contributed by atoms with E-state index in [0.717, 1.165) is 13.5 Å². The van der Waals surface area contributed by atoms with Crippen LogP contribution in [0.5, 0.6) is 0 Å². The Balaban J connectivity index is 0. The molecule has 0 rings (SSSR count). The fourth-order valence-corrected chi connectivity index (χ4v) is 1.49. The zero-order valence-electron chi connectivity index (χ0n) is 13.7. The number of hydrogen-bond acceptors (Lipinski definition) is 3. The first-order valence-corrected chi connectivity index (χ1v) is 7.20. The molecule has 10 heteroatoms. The van der Waals surface area contributed by atoms with Crippen LogP contribution in [0.4, 0.5) is 13.2 Å². The molecule has 0 bridgehead atoms. The smallest absolute Gasteiger partial charge is 0.382 e. The van der Waals surface area contributed by atoms with Gasteiger partial charge >= 0.3 is 6.18 Å². The highest BCUT2D eigenvalue weighted by Gasteiger charge is 2.30. The number of alkyl halides is 3. The van der Waals surface area contributed by atoms with Gasteiger partial charge in [-0.1, -0.05) is 0 Å². The molecule has 0 unspecified atom stereocenters. The number of carbonyl (C=O) groups excluding carboxylic acids is 1. The number of aliphatic imine (C=N–C) groups is 1. The van der Waals surface area contributed by atoms with E-state index in [1.165, 1.54) is 0 Å². The first-order valence-electron chi connectivity index (χ1n) is 7.20. The lowest BCUT2D eigenvalue weighted by Crippen LogP contribution is -2.40. The van der Waals surface area contributed by atoms with Crippen LogP contribution < -0.4 is 10.6 Å². The third-order valence-electron chi connectivity index (χ3n) is 2.52. The molecular weight excluding hydrogens is 428 g/mol. The Morgan fingerprint density at radius 3 is 2.43 bits per heavy atom. The summed E-state index contributed by atoms with van der Waals surface area (Å²) in [5.41, 5.74) is 0. The lowest BCUT2D eigenvalue weighted by Gasteiger charge is -2.18. The van der Waals surface area contributed by atoms with E-state index in [2.05, 4.69) is 15.6 Å². The molecule has 0 aromatic rings. The van der Waals surface area contributed by atoms with E-state index in [-0.39, 0.29) is 30.5 Å². The molecule has 0 spiro atoms. The SMILES string of the molecule is CCNC(=NCC(=O)N(C)CC(F)(F)F)NCCCOCC.I. The molecule has 0 heterocycles. The third-order valence-corrected chi connectivity index (χ3v) is 2.52. The number of halogens is 4. The molecule has 0 radical (unpaired) electrons. The van der Waals surface area contributed by atoms with E-state index < -0.39 is 18.6 Å². The highest BCUT2D eigenvalue weighted by molar-refractivity contribution is 14.0. The molecular formula is C13H26F3IN4O2. The predicted octanol–water partition coefficient (Wildman–Crippen LogP) is 1.61. The number of likely N-dealkylation sites (N-methyl/N-ethyl adjacent to an activating group) is 1. The van der Waals surface area contributed by atoms with Crippen molar-refractivity contribution in [2.75, 3.05) is 46.4 Å². The molecule has 0 aliphatic rings. The van der Waals surface area contributed by atoms with Gasteiger partial charge in [0.2, 0.25) is 5.91 Å². The van der Waals surface area contributed by atoms with E-state index in [9.17, 15) is 18.0 Å². The van der Waals surface area contributed by atoms with Gasteiger partial charge in [-0.3, -0.25) is 4.79 Å². The van der Waals surface area contributed by atoms with Crippen molar-refractivity contribution in [2.45, 2.75) is 26.4 Å². The van der Waals surface area contributed by atoms with E-state index in [1.807, 2.05) is 13.8 Å². The normalized spacial score (nSPS) is 11.7. The second kappa shape index (κ2) is 13.6. The van der Waals surface area contributed by atoms with Gasteiger partial charge in [-0.25, -0.2) is 4.99 Å². The van der Waals surface area contributed by atoms with Crippen molar-refractivity contribution in [3.05, 3.63) is 0 Å². The minimum absolute atomic E-state index is 0. The van der Waals surface area contributed by atoms with Crippen molar-refractivity contribution in [2.24, 2.45) is 4.99 Å². The van der Waals surface area contributed by atoms with E-state index >= 15 is 0 Å². The molecule has 0 saturated heterocycles. The minimum atomic E-state index is -4.41. The Labute approximate surface area is 152 Å². The number of hydrogen-bond donors (Lipinski definition) is 2. The van der Waals surface area contributed by atoms with Gasteiger partial charge in [0.1, 0.15) is 13.1 Å². The number of ether oxygens (including phenoxy) is 1. The average Bonchev–Trinajstić information content (AvgIpc) is 2.42. The summed E-state index contributed by atoms with van der Waals surface area (Å²) in [6.07, 6.45) is -3.64. The van der Waals surface area contributed by atoms with Crippen LogP contribution in [0.2, 0.25) is 0 Å². The fraction of sp³-hybridized carbons (Fsp3) is 0.846. The summed E-state index contributed by atoms with van der Waals surface area (Å²) < 4.78 is 41.7. The molecule has 138 valence electrons. The summed E-state index contributed by atoms with van der Waals surface area (Å²) in [6.45, 7) is 4.58. The number of guanidine groups is 1. The first-order chi connectivity index (χ1) is 10.3. The second-order valence-corrected chi connectivity index (χ2v) is 4.54. The molecule has 0 fully saturated rings. The van der Waals surface area contributed by atoms with Gasteiger partial charge in [-0.15, -0.1) is 24.0 Å². The van der Waals surface area contributed by atoms with Crippen LogP contribution in [0.25, 0.3) is 0 Å². The summed E-state index contributed by atoms with van der Waals surface area (Å²) in [4.78, 5) is 16.2. The molecule has 0 aromatic heterocycles. The van der Waals surface area contributed by atoms with E-state index in [4.69, 9.17) is 4.74 Å². The number of amides is 1. The van der Waals surface area contributed by atoms with Gasteiger partial charge in [0.05, 0.1) is 0 Å². The van der Waals surface area contributed by atoms with Crippen molar-refractivity contribution in [1.82, 2.24) is 15.5 Å². The van der Waals surface area contributed by atoms with Crippen molar-refractivity contribution in [3.63, 3.8) is 0 Å².